The topological polar surface area (TPSA) is 12.0 Å². The molecule has 0 amide bonds. The molecule has 0 radical (unpaired) electrons. The van der Waals surface area contributed by atoms with Crippen LogP contribution in [0.25, 0.3) is 0 Å². The Bertz CT molecular complexity index is 386. The molecule has 1 atom stereocenters. The summed E-state index contributed by atoms with van der Waals surface area (Å²) in [6, 6.07) is 2.46. The van der Waals surface area contributed by atoms with Crippen molar-refractivity contribution in [3.8, 4) is 0 Å². The molecule has 1 saturated heterocycles. The van der Waals surface area contributed by atoms with E-state index in [1.165, 1.54) is 12.1 Å². The molecule has 1 unspecified atom stereocenters. The van der Waals surface area contributed by atoms with Crippen LogP contribution >= 0.6 is 11.6 Å². The van der Waals surface area contributed by atoms with E-state index in [2.05, 4.69) is 5.32 Å². The SMILES string of the molecule is CC1(c2c(F)ccc(Cl)c2F)CCCN1. The van der Waals surface area contributed by atoms with E-state index in [-0.39, 0.29) is 10.6 Å². The van der Waals surface area contributed by atoms with Gasteiger partial charge in [0.05, 0.1) is 5.02 Å². The normalized spacial score (nSPS) is 25.9. The predicted octanol–water partition coefficient (Wildman–Crippen LogP) is 3.22. The zero-order valence-electron chi connectivity index (χ0n) is 8.41. The van der Waals surface area contributed by atoms with E-state index in [9.17, 15) is 8.78 Å². The van der Waals surface area contributed by atoms with E-state index in [4.69, 9.17) is 11.6 Å². The van der Waals surface area contributed by atoms with Crippen LogP contribution in [0.3, 0.4) is 0 Å². The molecule has 1 aliphatic rings. The van der Waals surface area contributed by atoms with Crippen LogP contribution in [0.5, 0.6) is 0 Å². The molecule has 0 bridgehead atoms. The van der Waals surface area contributed by atoms with Gasteiger partial charge in [0.2, 0.25) is 0 Å². The van der Waals surface area contributed by atoms with Gasteiger partial charge in [-0.1, -0.05) is 11.6 Å². The first-order valence-electron chi connectivity index (χ1n) is 4.93. The van der Waals surface area contributed by atoms with Gasteiger partial charge in [-0.2, -0.15) is 0 Å². The van der Waals surface area contributed by atoms with Crippen LogP contribution < -0.4 is 5.32 Å². The van der Waals surface area contributed by atoms with Gasteiger partial charge in [0.15, 0.2) is 0 Å². The third-order valence-electron chi connectivity index (χ3n) is 2.96. The summed E-state index contributed by atoms with van der Waals surface area (Å²) in [6.45, 7) is 2.58. The third-order valence-corrected chi connectivity index (χ3v) is 3.26. The maximum absolute atomic E-state index is 13.7. The van der Waals surface area contributed by atoms with Crippen molar-refractivity contribution in [2.24, 2.45) is 0 Å². The number of nitrogens with one attached hydrogen (secondary N) is 1. The maximum Gasteiger partial charge on any atom is 0.149 e. The van der Waals surface area contributed by atoms with E-state index < -0.39 is 17.2 Å². The lowest BCUT2D eigenvalue weighted by Crippen LogP contribution is -2.35. The summed E-state index contributed by atoms with van der Waals surface area (Å²) in [7, 11) is 0. The summed E-state index contributed by atoms with van der Waals surface area (Å²) in [4.78, 5) is 0. The van der Waals surface area contributed by atoms with Crippen molar-refractivity contribution in [3.63, 3.8) is 0 Å². The van der Waals surface area contributed by atoms with Gasteiger partial charge >= 0.3 is 0 Å². The summed E-state index contributed by atoms with van der Waals surface area (Å²) >= 11 is 5.66. The smallest absolute Gasteiger partial charge is 0.149 e. The highest BCUT2D eigenvalue weighted by Crippen LogP contribution is 2.35. The standard InChI is InChI=1S/C11H12ClF2N/c1-11(5-2-6-15-11)9-8(13)4-3-7(12)10(9)14/h3-4,15H,2,5-6H2,1H3. The quantitative estimate of drug-likeness (QED) is 0.732. The van der Waals surface area contributed by atoms with Gasteiger partial charge in [0, 0.05) is 11.1 Å². The molecule has 82 valence electrons. The lowest BCUT2D eigenvalue weighted by atomic mass is 9.89. The Morgan fingerprint density at radius 1 is 1.40 bits per heavy atom. The largest absolute Gasteiger partial charge is 0.307 e. The van der Waals surface area contributed by atoms with Crippen LogP contribution in [-0.2, 0) is 5.54 Å². The highest BCUT2D eigenvalue weighted by molar-refractivity contribution is 6.30. The lowest BCUT2D eigenvalue weighted by molar-refractivity contribution is 0.386. The van der Waals surface area contributed by atoms with Crippen molar-refractivity contribution in [1.29, 1.82) is 0 Å². The van der Waals surface area contributed by atoms with E-state index in [1.807, 2.05) is 0 Å². The molecule has 1 nitrogen and oxygen atoms in total. The van der Waals surface area contributed by atoms with Crippen LogP contribution in [0.2, 0.25) is 5.02 Å². The number of benzene rings is 1. The van der Waals surface area contributed by atoms with E-state index >= 15 is 0 Å². The fourth-order valence-electron chi connectivity index (χ4n) is 2.14. The number of halogens is 3. The van der Waals surface area contributed by atoms with Crippen molar-refractivity contribution in [2.75, 3.05) is 6.54 Å². The number of hydrogen-bond donors (Lipinski definition) is 1. The Labute approximate surface area is 92.4 Å². The highest BCUT2D eigenvalue weighted by Gasteiger charge is 2.35. The van der Waals surface area contributed by atoms with E-state index in [0.717, 1.165) is 19.4 Å². The van der Waals surface area contributed by atoms with E-state index in [1.54, 1.807) is 6.92 Å². The van der Waals surface area contributed by atoms with Gasteiger partial charge in [0.1, 0.15) is 11.6 Å². The van der Waals surface area contributed by atoms with Crippen LogP contribution in [0.1, 0.15) is 25.3 Å². The molecule has 1 heterocycles. The number of rotatable bonds is 1. The first kappa shape index (κ1) is 10.8. The maximum atomic E-state index is 13.7. The van der Waals surface area contributed by atoms with Crippen LogP contribution in [-0.4, -0.2) is 6.54 Å². The van der Waals surface area contributed by atoms with Gasteiger partial charge in [-0.05, 0) is 38.4 Å². The molecule has 4 heteroatoms. The fraction of sp³-hybridized carbons (Fsp3) is 0.455. The molecular formula is C11H12ClF2N. The summed E-state index contributed by atoms with van der Waals surface area (Å²) in [5.41, 5.74) is -0.563. The molecular weight excluding hydrogens is 220 g/mol. The van der Waals surface area contributed by atoms with Crippen molar-refractivity contribution in [1.82, 2.24) is 5.32 Å². The molecule has 0 spiro atoms. The van der Waals surface area contributed by atoms with Crippen molar-refractivity contribution < 1.29 is 8.78 Å². The van der Waals surface area contributed by atoms with Gasteiger partial charge < -0.3 is 5.32 Å². The molecule has 1 aliphatic heterocycles. The van der Waals surface area contributed by atoms with Crippen molar-refractivity contribution in [3.05, 3.63) is 34.4 Å². The molecule has 0 saturated carbocycles. The lowest BCUT2D eigenvalue weighted by Gasteiger charge is -2.26. The molecule has 0 aliphatic carbocycles. The van der Waals surface area contributed by atoms with Crippen LogP contribution in [0.15, 0.2) is 12.1 Å². The second-order valence-electron chi connectivity index (χ2n) is 4.08. The molecule has 0 aromatic heterocycles. The Morgan fingerprint density at radius 2 is 2.13 bits per heavy atom. The minimum atomic E-state index is -0.645. The molecule has 1 fully saturated rings. The zero-order chi connectivity index (χ0) is 11.1. The van der Waals surface area contributed by atoms with Gasteiger partial charge in [0.25, 0.3) is 0 Å². The summed E-state index contributed by atoms with van der Waals surface area (Å²) in [5.74, 6) is -1.18. The predicted molar refractivity (Wildman–Crippen MR) is 56.0 cm³/mol. The second-order valence-corrected chi connectivity index (χ2v) is 4.49. The van der Waals surface area contributed by atoms with Crippen molar-refractivity contribution in [2.45, 2.75) is 25.3 Å². The minimum absolute atomic E-state index is 0.0266. The van der Waals surface area contributed by atoms with Gasteiger partial charge in [-0.3, -0.25) is 0 Å². The summed E-state index contributed by atoms with van der Waals surface area (Å²) < 4.78 is 27.3. The van der Waals surface area contributed by atoms with Crippen LogP contribution in [0, 0.1) is 11.6 Å². The molecule has 15 heavy (non-hydrogen) atoms. The average molecular weight is 232 g/mol. The number of hydrogen-bond acceptors (Lipinski definition) is 1. The van der Waals surface area contributed by atoms with Gasteiger partial charge in [-0.15, -0.1) is 0 Å². The Hall–Kier alpha value is -0.670. The van der Waals surface area contributed by atoms with E-state index in [0.29, 0.717) is 0 Å². The molecule has 2 rings (SSSR count). The average Bonchev–Trinajstić information content (AvgIpc) is 2.60. The summed E-state index contributed by atoms with van der Waals surface area (Å²) in [6.07, 6.45) is 1.64. The minimum Gasteiger partial charge on any atom is -0.307 e. The summed E-state index contributed by atoms with van der Waals surface area (Å²) in [5, 5.41) is 3.09. The Morgan fingerprint density at radius 3 is 2.73 bits per heavy atom. The molecule has 1 aromatic carbocycles. The van der Waals surface area contributed by atoms with Crippen LogP contribution in [0.4, 0.5) is 8.78 Å². The monoisotopic (exact) mass is 231 g/mol. The highest BCUT2D eigenvalue weighted by atomic mass is 35.5. The fourth-order valence-corrected chi connectivity index (χ4v) is 2.30. The Kier molecular flexibility index (Phi) is 2.69. The van der Waals surface area contributed by atoms with Crippen molar-refractivity contribution >= 4 is 11.6 Å². The zero-order valence-corrected chi connectivity index (χ0v) is 9.17. The third kappa shape index (κ3) is 1.74. The second kappa shape index (κ2) is 3.72. The Balaban J connectivity index is 2.55. The first-order chi connectivity index (χ1) is 7.04. The van der Waals surface area contributed by atoms with Gasteiger partial charge in [-0.25, -0.2) is 8.78 Å². The molecule has 1 aromatic rings. The molecule has 1 N–H and O–H groups in total. The first-order valence-corrected chi connectivity index (χ1v) is 5.31.